The standard InChI is InChI=1S/C19H26N4O3/c24-15-22-10-12-23(13-11-22)19(26)18(25)20-17-6-8-21(9-7-17)14-16-4-2-1-3-5-16/h1-5,15,17H,6-14H2,(H,20,25). The van der Waals surface area contributed by atoms with Gasteiger partial charge < -0.3 is 15.1 Å². The average molecular weight is 358 g/mol. The molecular formula is C19H26N4O3. The van der Waals surface area contributed by atoms with Gasteiger partial charge in [-0.3, -0.25) is 19.3 Å². The van der Waals surface area contributed by atoms with E-state index in [0.29, 0.717) is 26.2 Å². The smallest absolute Gasteiger partial charge is 0.312 e. The fourth-order valence-corrected chi connectivity index (χ4v) is 3.50. The predicted molar refractivity (Wildman–Crippen MR) is 97.1 cm³/mol. The highest BCUT2D eigenvalue weighted by atomic mass is 16.2. The third kappa shape index (κ3) is 4.82. The molecule has 0 aromatic heterocycles. The van der Waals surface area contributed by atoms with Gasteiger partial charge in [-0.05, 0) is 18.4 Å². The predicted octanol–water partition coefficient (Wildman–Crippen LogP) is 0.0678. The van der Waals surface area contributed by atoms with Gasteiger partial charge in [0.1, 0.15) is 0 Å². The molecule has 0 aliphatic carbocycles. The van der Waals surface area contributed by atoms with E-state index in [4.69, 9.17) is 0 Å². The van der Waals surface area contributed by atoms with E-state index in [0.717, 1.165) is 38.9 Å². The Bertz CT molecular complexity index is 621. The number of amides is 3. The summed E-state index contributed by atoms with van der Waals surface area (Å²) in [6.45, 7) is 4.54. The zero-order valence-electron chi connectivity index (χ0n) is 15.0. The maximum Gasteiger partial charge on any atom is 0.312 e. The molecule has 0 spiro atoms. The molecule has 1 aromatic rings. The van der Waals surface area contributed by atoms with Crippen LogP contribution in [0.25, 0.3) is 0 Å². The first-order valence-corrected chi connectivity index (χ1v) is 9.21. The molecule has 7 nitrogen and oxygen atoms in total. The normalized spacial score (nSPS) is 19.2. The number of benzene rings is 1. The van der Waals surface area contributed by atoms with Crippen molar-refractivity contribution in [3.05, 3.63) is 35.9 Å². The minimum Gasteiger partial charge on any atom is -0.345 e. The van der Waals surface area contributed by atoms with Crippen LogP contribution in [0.15, 0.2) is 30.3 Å². The van der Waals surface area contributed by atoms with Crippen molar-refractivity contribution in [1.29, 1.82) is 0 Å². The fourth-order valence-electron chi connectivity index (χ4n) is 3.50. The lowest BCUT2D eigenvalue weighted by atomic mass is 10.0. The summed E-state index contributed by atoms with van der Waals surface area (Å²) in [5, 5.41) is 2.89. The van der Waals surface area contributed by atoms with Crippen molar-refractivity contribution in [2.45, 2.75) is 25.4 Å². The van der Waals surface area contributed by atoms with Gasteiger partial charge in [-0.25, -0.2) is 0 Å². The average Bonchev–Trinajstić information content (AvgIpc) is 2.70. The molecule has 3 amide bonds. The topological polar surface area (TPSA) is 73.0 Å². The van der Waals surface area contributed by atoms with Gasteiger partial charge in [-0.15, -0.1) is 0 Å². The van der Waals surface area contributed by atoms with E-state index in [9.17, 15) is 14.4 Å². The van der Waals surface area contributed by atoms with Crippen LogP contribution in [-0.2, 0) is 20.9 Å². The highest BCUT2D eigenvalue weighted by Crippen LogP contribution is 2.14. The summed E-state index contributed by atoms with van der Waals surface area (Å²) in [5.41, 5.74) is 1.29. The van der Waals surface area contributed by atoms with Crippen LogP contribution in [-0.4, -0.2) is 78.2 Å². The molecule has 0 unspecified atom stereocenters. The number of hydrogen-bond donors (Lipinski definition) is 1. The number of rotatable bonds is 4. The third-order valence-corrected chi connectivity index (χ3v) is 5.12. The summed E-state index contributed by atoms with van der Waals surface area (Å²) in [6, 6.07) is 10.4. The van der Waals surface area contributed by atoms with Crippen LogP contribution in [0.1, 0.15) is 18.4 Å². The highest BCUT2D eigenvalue weighted by Gasteiger charge is 2.28. The molecule has 140 valence electrons. The number of hydrogen-bond acceptors (Lipinski definition) is 4. The molecule has 1 N–H and O–H groups in total. The number of nitrogens with zero attached hydrogens (tertiary/aromatic N) is 3. The summed E-state index contributed by atoms with van der Waals surface area (Å²) in [6.07, 6.45) is 2.49. The van der Waals surface area contributed by atoms with Crippen LogP contribution in [0.5, 0.6) is 0 Å². The second-order valence-corrected chi connectivity index (χ2v) is 6.94. The van der Waals surface area contributed by atoms with Crippen LogP contribution >= 0.6 is 0 Å². The number of nitrogens with one attached hydrogen (secondary N) is 1. The first-order valence-electron chi connectivity index (χ1n) is 9.21. The van der Waals surface area contributed by atoms with Crippen LogP contribution in [0.2, 0.25) is 0 Å². The number of piperidine rings is 1. The Morgan fingerprint density at radius 2 is 1.65 bits per heavy atom. The molecule has 2 aliphatic rings. The molecule has 0 radical (unpaired) electrons. The van der Waals surface area contributed by atoms with Crippen LogP contribution in [0.4, 0.5) is 0 Å². The molecule has 0 saturated carbocycles. The maximum atomic E-state index is 12.3. The van der Waals surface area contributed by atoms with Gasteiger partial charge in [0.25, 0.3) is 0 Å². The molecule has 2 saturated heterocycles. The Balaban J connectivity index is 1.40. The minimum atomic E-state index is -0.522. The second-order valence-electron chi connectivity index (χ2n) is 6.94. The summed E-state index contributed by atoms with van der Waals surface area (Å²) >= 11 is 0. The zero-order valence-corrected chi connectivity index (χ0v) is 15.0. The number of carbonyl (C=O) groups is 3. The van der Waals surface area contributed by atoms with Crippen molar-refractivity contribution in [1.82, 2.24) is 20.0 Å². The van der Waals surface area contributed by atoms with E-state index >= 15 is 0 Å². The molecule has 2 fully saturated rings. The van der Waals surface area contributed by atoms with E-state index in [1.807, 2.05) is 18.2 Å². The van der Waals surface area contributed by atoms with E-state index in [1.54, 1.807) is 4.90 Å². The summed E-state index contributed by atoms with van der Waals surface area (Å²) in [4.78, 5) is 40.7. The van der Waals surface area contributed by atoms with E-state index in [-0.39, 0.29) is 6.04 Å². The molecule has 2 heterocycles. The van der Waals surface area contributed by atoms with Crippen LogP contribution in [0, 0.1) is 0 Å². The Kier molecular flexibility index (Phi) is 6.22. The van der Waals surface area contributed by atoms with Gasteiger partial charge in [0.2, 0.25) is 6.41 Å². The number of carbonyl (C=O) groups excluding carboxylic acids is 3. The Hall–Kier alpha value is -2.41. The van der Waals surface area contributed by atoms with Gasteiger partial charge >= 0.3 is 11.8 Å². The second kappa shape index (κ2) is 8.80. The van der Waals surface area contributed by atoms with Crippen LogP contribution in [0.3, 0.4) is 0 Å². The van der Waals surface area contributed by atoms with E-state index in [2.05, 4.69) is 22.3 Å². The molecule has 0 bridgehead atoms. The van der Waals surface area contributed by atoms with Crippen molar-refractivity contribution in [2.75, 3.05) is 39.3 Å². The van der Waals surface area contributed by atoms with Crippen molar-refractivity contribution in [3.63, 3.8) is 0 Å². The lowest BCUT2D eigenvalue weighted by Gasteiger charge is -2.34. The summed E-state index contributed by atoms with van der Waals surface area (Å²) < 4.78 is 0. The minimum absolute atomic E-state index is 0.0507. The SMILES string of the molecule is O=CN1CCN(C(=O)C(=O)NC2CCN(Cc3ccccc3)CC2)CC1. The molecule has 26 heavy (non-hydrogen) atoms. The fraction of sp³-hybridized carbons (Fsp3) is 0.526. The maximum absolute atomic E-state index is 12.3. The highest BCUT2D eigenvalue weighted by molar-refractivity contribution is 6.35. The monoisotopic (exact) mass is 358 g/mol. The van der Waals surface area contributed by atoms with Crippen molar-refractivity contribution >= 4 is 18.2 Å². The molecule has 0 atom stereocenters. The van der Waals surface area contributed by atoms with Crippen molar-refractivity contribution < 1.29 is 14.4 Å². The van der Waals surface area contributed by atoms with Crippen molar-refractivity contribution in [2.24, 2.45) is 0 Å². The molecule has 1 aromatic carbocycles. The molecule has 2 aliphatic heterocycles. The first-order chi connectivity index (χ1) is 12.7. The summed E-state index contributed by atoms with van der Waals surface area (Å²) in [7, 11) is 0. The van der Waals surface area contributed by atoms with E-state index < -0.39 is 11.8 Å². The molecular weight excluding hydrogens is 332 g/mol. The van der Waals surface area contributed by atoms with Crippen molar-refractivity contribution in [3.8, 4) is 0 Å². The van der Waals surface area contributed by atoms with Gasteiger partial charge in [0, 0.05) is 51.9 Å². The summed E-state index contributed by atoms with van der Waals surface area (Å²) in [5.74, 6) is -1.01. The number of likely N-dealkylation sites (tertiary alicyclic amines) is 1. The Morgan fingerprint density at radius 1 is 1.00 bits per heavy atom. The van der Waals surface area contributed by atoms with E-state index in [1.165, 1.54) is 10.5 Å². The number of piperazine rings is 1. The lowest BCUT2D eigenvalue weighted by molar-refractivity contribution is -0.148. The molecule has 7 heteroatoms. The Morgan fingerprint density at radius 3 is 2.27 bits per heavy atom. The lowest BCUT2D eigenvalue weighted by Crippen LogP contribution is -2.54. The van der Waals surface area contributed by atoms with Gasteiger partial charge in [-0.2, -0.15) is 0 Å². The zero-order chi connectivity index (χ0) is 18.4. The Labute approximate surface area is 153 Å². The van der Waals surface area contributed by atoms with Gasteiger partial charge in [-0.1, -0.05) is 30.3 Å². The molecule has 3 rings (SSSR count). The van der Waals surface area contributed by atoms with Gasteiger partial charge in [0.05, 0.1) is 0 Å². The largest absolute Gasteiger partial charge is 0.345 e. The first kappa shape index (κ1) is 18.4. The quantitative estimate of drug-likeness (QED) is 0.611. The van der Waals surface area contributed by atoms with Gasteiger partial charge in [0.15, 0.2) is 0 Å². The third-order valence-electron chi connectivity index (χ3n) is 5.12. The van der Waals surface area contributed by atoms with Crippen LogP contribution < -0.4 is 5.32 Å².